The molecule has 0 bridgehead atoms. The second kappa shape index (κ2) is 6.94. The third-order valence-electron chi connectivity index (χ3n) is 4.23. The van der Waals surface area contributed by atoms with Crippen molar-refractivity contribution in [1.29, 1.82) is 0 Å². The van der Waals surface area contributed by atoms with Gasteiger partial charge in [-0.15, -0.1) is 0 Å². The first-order chi connectivity index (χ1) is 9.70. The fourth-order valence-corrected chi connectivity index (χ4v) is 3.71. The molecular formula is C15H29N3O2S. The summed E-state index contributed by atoms with van der Waals surface area (Å²) in [4.78, 5) is 0.376. The van der Waals surface area contributed by atoms with E-state index >= 15 is 0 Å². The lowest BCUT2D eigenvalue weighted by Gasteiger charge is -2.33. The molecule has 6 heteroatoms. The Balaban J connectivity index is 3.17. The highest BCUT2D eigenvalue weighted by Crippen LogP contribution is 2.26. The maximum atomic E-state index is 12.8. The zero-order valence-corrected chi connectivity index (χ0v) is 14.9. The summed E-state index contributed by atoms with van der Waals surface area (Å²) < 4.78 is 29.0. The fraction of sp³-hybridized carbons (Fsp3) is 0.733. The molecule has 1 aromatic rings. The van der Waals surface area contributed by atoms with Gasteiger partial charge in [-0.05, 0) is 39.8 Å². The van der Waals surface area contributed by atoms with Crippen LogP contribution >= 0.6 is 0 Å². The maximum Gasteiger partial charge on any atom is 0.244 e. The molecule has 0 aliphatic carbocycles. The SMILES string of the molecule is CCNCc1cc(S(=O)(=O)N(C)C(C)(C)CC)cn1CC. The first-order valence-corrected chi connectivity index (χ1v) is 9.03. The minimum atomic E-state index is -3.46. The number of sulfonamides is 1. The van der Waals surface area contributed by atoms with Gasteiger partial charge in [0.1, 0.15) is 4.90 Å². The molecule has 1 aromatic heterocycles. The van der Waals surface area contributed by atoms with Gasteiger partial charge in [0.05, 0.1) is 0 Å². The first-order valence-electron chi connectivity index (χ1n) is 7.59. The summed E-state index contributed by atoms with van der Waals surface area (Å²) in [6.07, 6.45) is 2.51. The van der Waals surface area contributed by atoms with Gasteiger partial charge in [-0.25, -0.2) is 8.42 Å². The van der Waals surface area contributed by atoms with Crippen LogP contribution in [0.15, 0.2) is 17.2 Å². The zero-order valence-electron chi connectivity index (χ0n) is 14.1. The van der Waals surface area contributed by atoms with Crippen molar-refractivity contribution in [3.05, 3.63) is 18.0 Å². The Morgan fingerprint density at radius 2 is 1.90 bits per heavy atom. The van der Waals surface area contributed by atoms with E-state index in [1.807, 2.05) is 39.2 Å². The van der Waals surface area contributed by atoms with Gasteiger partial charge in [0.15, 0.2) is 0 Å². The van der Waals surface area contributed by atoms with Crippen LogP contribution in [0.3, 0.4) is 0 Å². The summed E-state index contributed by atoms with van der Waals surface area (Å²) in [7, 11) is -1.80. The third-order valence-corrected chi connectivity index (χ3v) is 6.27. The highest BCUT2D eigenvalue weighted by Gasteiger charge is 2.33. The predicted octanol–water partition coefficient (Wildman–Crippen LogP) is 2.43. The zero-order chi connectivity index (χ0) is 16.3. The molecule has 0 spiro atoms. The molecule has 0 aromatic carbocycles. The van der Waals surface area contributed by atoms with Gasteiger partial charge >= 0.3 is 0 Å². The van der Waals surface area contributed by atoms with Crippen molar-refractivity contribution >= 4 is 10.0 Å². The van der Waals surface area contributed by atoms with E-state index in [9.17, 15) is 8.42 Å². The van der Waals surface area contributed by atoms with Gasteiger partial charge in [0.2, 0.25) is 10.0 Å². The summed E-state index contributed by atoms with van der Waals surface area (Å²) in [6.45, 7) is 12.2. The molecule has 1 rings (SSSR count). The second-order valence-electron chi connectivity index (χ2n) is 5.87. The molecule has 0 unspecified atom stereocenters. The van der Waals surface area contributed by atoms with Gasteiger partial charge in [0, 0.05) is 37.6 Å². The number of aromatic nitrogens is 1. The summed E-state index contributed by atoms with van der Waals surface area (Å²) in [5, 5.41) is 3.25. The molecule has 0 saturated carbocycles. The first kappa shape index (κ1) is 18.2. The predicted molar refractivity (Wildman–Crippen MR) is 86.8 cm³/mol. The Kier molecular flexibility index (Phi) is 6.01. The van der Waals surface area contributed by atoms with Gasteiger partial charge in [-0.1, -0.05) is 13.8 Å². The van der Waals surface area contributed by atoms with Crippen molar-refractivity contribution in [1.82, 2.24) is 14.2 Å². The molecule has 0 radical (unpaired) electrons. The van der Waals surface area contributed by atoms with E-state index < -0.39 is 15.6 Å². The van der Waals surface area contributed by atoms with E-state index in [0.717, 1.165) is 25.2 Å². The average Bonchev–Trinajstić information content (AvgIpc) is 2.88. The van der Waals surface area contributed by atoms with Crippen LogP contribution in [-0.4, -0.2) is 36.4 Å². The summed E-state index contributed by atoms with van der Waals surface area (Å²) in [6, 6.07) is 1.78. The Hall–Kier alpha value is -0.850. The monoisotopic (exact) mass is 315 g/mol. The lowest BCUT2D eigenvalue weighted by atomic mass is 10.0. The average molecular weight is 315 g/mol. The van der Waals surface area contributed by atoms with Gasteiger partial charge in [-0.2, -0.15) is 4.31 Å². The highest BCUT2D eigenvalue weighted by molar-refractivity contribution is 7.89. The molecule has 0 atom stereocenters. The van der Waals surface area contributed by atoms with Crippen LogP contribution in [0.2, 0.25) is 0 Å². The lowest BCUT2D eigenvalue weighted by Crippen LogP contribution is -2.44. The lowest BCUT2D eigenvalue weighted by molar-refractivity contribution is 0.257. The number of hydrogen-bond donors (Lipinski definition) is 1. The van der Waals surface area contributed by atoms with Crippen LogP contribution in [0.1, 0.15) is 46.7 Å². The third kappa shape index (κ3) is 3.87. The van der Waals surface area contributed by atoms with Crippen LogP contribution in [0.5, 0.6) is 0 Å². The Morgan fingerprint density at radius 1 is 1.29 bits per heavy atom. The number of rotatable bonds is 8. The number of aryl methyl sites for hydroxylation is 1. The molecule has 5 nitrogen and oxygen atoms in total. The van der Waals surface area contributed by atoms with Crippen LogP contribution in [0.25, 0.3) is 0 Å². The van der Waals surface area contributed by atoms with Crippen LogP contribution < -0.4 is 5.32 Å². The molecule has 122 valence electrons. The fourth-order valence-electron chi connectivity index (χ4n) is 2.07. The molecule has 0 aliphatic heterocycles. The van der Waals surface area contributed by atoms with Crippen LogP contribution in [-0.2, 0) is 23.1 Å². The van der Waals surface area contributed by atoms with Crippen LogP contribution in [0.4, 0.5) is 0 Å². The Labute approximate surface area is 129 Å². The van der Waals surface area contributed by atoms with E-state index in [2.05, 4.69) is 5.32 Å². The normalized spacial score (nSPS) is 13.1. The smallest absolute Gasteiger partial charge is 0.244 e. The van der Waals surface area contributed by atoms with E-state index in [0.29, 0.717) is 11.4 Å². The quantitative estimate of drug-likeness (QED) is 0.801. The molecule has 0 aliphatic rings. The van der Waals surface area contributed by atoms with Crippen molar-refractivity contribution in [3.63, 3.8) is 0 Å². The van der Waals surface area contributed by atoms with Crippen molar-refractivity contribution in [2.75, 3.05) is 13.6 Å². The summed E-state index contributed by atoms with van der Waals surface area (Å²) >= 11 is 0. The molecule has 21 heavy (non-hydrogen) atoms. The minimum absolute atomic E-state index is 0.376. The summed E-state index contributed by atoms with van der Waals surface area (Å²) in [5.41, 5.74) is 0.607. The number of nitrogens with one attached hydrogen (secondary N) is 1. The molecule has 1 heterocycles. The van der Waals surface area contributed by atoms with Crippen molar-refractivity contribution in [3.8, 4) is 0 Å². The largest absolute Gasteiger partial charge is 0.349 e. The Bertz CT molecular complexity index is 561. The van der Waals surface area contributed by atoms with Gasteiger partial charge in [-0.3, -0.25) is 0 Å². The highest BCUT2D eigenvalue weighted by atomic mass is 32.2. The topological polar surface area (TPSA) is 54.3 Å². The van der Waals surface area contributed by atoms with Gasteiger partial charge in [0.25, 0.3) is 0 Å². The van der Waals surface area contributed by atoms with Crippen molar-refractivity contribution in [2.45, 2.75) is 64.6 Å². The van der Waals surface area contributed by atoms with Gasteiger partial charge < -0.3 is 9.88 Å². The van der Waals surface area contributed by atoms with E-state index in [1.165, 1.54) is 4.31 Å². The standard InChI is InChI=1S/C15H29N3O2S/c1-7-15(4,5)17(6)21(19,20)14-10-13(11-16-8-2)18(9-3)12-14/h10,12,16H,7-9,11H2,1-6H3. The van der Waals surface area contributed by atoms with Crippen molar-refractivity contribution < 1.29 is 8.42 Å². The summed E-state index contributed by atoms with van der Waals surface area (Å²) in [5.74, 6) is 0. The molecule has 0 fully saturated rings. The van der Waals surface area contributed by atoms with Crippen LogP contribution in [0, 0.1) is 0 Å². The van der Waals surface area contributed by atoms with E-state index in [1.54, 1.807) is 19.3 Å². The Morgan fingerprint density at radius 3 is 2.38 bits per heavy atom. The van der Waals surface area contributed by atoms with E-state index in [-0.39, 0.29) is 0 Å². The number of nitrogens with zero attached hydrogens (tertiary/aromatic N) is 2. The molecular weight excluding hydrogens is 286 g/mol. The number of hydrogen-bond acceptors (Lipinski definition) is 3. The second-order valence-corrected chi connectivity index (χ2v) is 7.84. The maximum absolute atomic E-state index is 12.8. The molecule has 1 N–H and O–H groups in total. The molecule has 0 amide bonds. The van der Waals surface area contributed by atoms with Crippen molar-refractivity contribution in [2.24, 2.45) is 0 Å². The van der Waals surface area contributed by atoms with E-state index in [4.69, 9.17) is 0 Å². The minimum Gasteiger partial charge on any atom is -0.349 e. The molecule has 0 saturated heterocycles.